The van der Waals surface area contributed by atoms with Crippen LogP contribution in [-0.2, 0) is 14.3 Å². The summed E-state index contributed by atoms with van der Waals surface area (Å²) in [6, 6.07) is 0. The van der Waals surface area contributed by atoms with Gasteiger partial charge in [-0.05, 0) is 25.7 Å². The van der Waals surface area contributed by atoms with Gasteiger partial charge in [0.1, 0.15) is 0 Å². The number of rotatable bonds is 3. The first-order valence-electron chi connectivity index (χ1n) is 6.42. The van der Waals surface area contributed by atoms with E-state index in [2.05, 4.69) is 5.32 Å². The molecule has 5 nitrogen and oxygen atoms in total. The molecular weight excluding hydrogens is 220 g/mol. The van der Waals surface area contributed by atoms with Gasteiger partial charge in [0.15, 0.2) is 0 Å². The molecule has 0 bridgehead atoms. The highest BCUT2D eigenvalue weighted by atomic mass is 16.5. The molecule has 0 aromatic carbocycles. The van der Waals surface area contributed by atoms with E-state index in [1.54, 1.807) is 4.90 Å². The highest BCUT2D eigenvalue weighted by Gasteiger charge is 2.22. The second kappa shape index (κ2) is 6.00. The Hall–Kier alpha value is -1.10. The van der Waals surface area contributed by atoms with Crippen molar-refractivity contribution in [3.05, 3.63) is 0 Å². The van der Waals surface area contributed by atoms with Crippen LogP contribution in [0.15, 0.2) is 0 Å². The molecule has 1 unspecified atom stereocenters. The number of hydrogen-bond donors (Lipinski definition) is 1. The molecule has 2 aliphatic rings. The number of amides is 2. The molecule has 17 heavy (non-hydrogen) atoms. The molecule has 1 N–H and O–H groups in total. The average molecular weight is 240 g/mol. The molecule has 1 atom stereocenters. The maximum atomic E-state index is 11.9. The third kappa shape index (κ3) is 3.70. The molecule has 2 fully saturated rings. The zero-order valence-electron chi connectivity index (χ0n) is 10.1. The highest BCUT2D eigenvalue weighted by molar-refractivity contribution is 5.85. The number of nitrogens with one attached hydrogen (secondary N) is 1. The zero-order chi connectivity index (χ0) is 12.1. The van der Waals surface area contributed by atoms with Crippen LogP contribution in [-0.4, -0.2) is 49.1 Å². The summed E-state index contributed by atoms with van der Waals surface area (Å²) in [5, 5.41) is 2.77. The largest absolute Gasteiger partial charge is 0.378 e. The topological polar surface area (TPSA) is 58.6 Å². The van der Waals surface area contributed by atoms with Crippen molar-refractivity contribution >= 4 is 11.8 Å². The van der Waals surface area contributed by atoms with Crippen molar-refractivity contribution < 1.29 is 14.3 Å². The third-order valence-electron chi connectivity index (χ3n) is 3.32. The van der Waals surface area contributed by atoms with Crippen molar-refractivity contribution in [2.45, 2.75) is 38.2 Å². The van der Waals surface area contributed by atoms with Crippen LogP contribution in [0.4, 0.5) is 0 Å². The molecule has 2 saturated heterocycles. The van der Waals surface area contributed by atoms with Crippen molar-refractivity contribution in [2.75, 3.05) is 26.2 Å². The van der Waals surface area contributed by atoms with Gasteiger partial charge in [0.05, 0.1) is 12.6 Å². The van der Waals surface area contributed by atoms with Gasteiger partial charge < -0.3 is 15.0 Å². The predicted octanol–water partition coefficient (Wildman–Crippen LogP) is 0.294. The molecule has 0 saturated carbocycles. The summed E-state index contributed by atoms with van der Waals surface area (Å²) in [4.78, 5) is 24.9. The van der Waals surface area contributed by atoms with Crippen LogP contribution in [0.3, 0.4) is 0 Å². The van der Waals surface area contributed by atoms with Crippen LogP contribution >= 0.6 is 0 Å². The molecule has 2 rings (SSSR count). The van der Waals surface area contributed by atoms with Gasteiger partial charge in [-0.3, -0.25) is 9.59 Å². The van der Waals surface area contributed by atoms with E-state index in [1.807, 2.05) is 0 Å². The minimum absolute atomic E-state index is 0.0482. The number of ether oxygens (including phenoxy) is 1. The Balaban J connectivity index is 1.75. The van der Waals surface area contributed by atoms with E-state index in [-0.39, 0.29) is 24.5 Å². The SMILES string of the molecule is O=C1CN(C(=O)CCC2CCCO2)CCCN1. The summed E-state index contributed by atoms with van der Waals surface area (Å²) < 4.78 is 5.49. The molecule has 0 radical (unpaired) electrons. The van der Waals surface area contributed by atoms with Gasteiger partial charge in [-0.25, -0.2) is 0 Å². The fraction of sp³-hybridized carbons (Fsp3) is 0.833. The first-order chi connectivity index (χ1) is 8.25. The lowest BCUT2D eigenvalue weighted by Crippen LogP contribution is -2.37. The fourth-order valence-corrected chi connectivity index (χ4v) is 2.33. The van der Waals surface area contributed by atoms with E-state index in [0.29, 0.717) is 19.5 Å². The second-order valence-corrected chi connectivity index (χ2v) is 4.69. The molecule has 2 amide bonds. The highest BCUT2D eigenvalue weighted by Crippen LogP contribution is 2.17. The van der Waals surface area contributed by atoms with Gasteiger partial charge in [0.2, 0.25) is 11.8 Å². The maximum absolute atomic E-state index is 11.9. The van der Waals surface area contributed by atoms with E-state index in [0.717, 1.165) is 32.3 Å². The minimum atomic E-state index is -0.0482. The van der Waals surface area contributed by atoms with Crippen molar-refractivity contribution in [1.82, 2.24) is 10.2 Å². The lowest BCUT2D eigenvalue weighted by molar-refractivity contribution is -0.135. The number of carbonyl (C=O) groups is 2. The van der Waals surface area contributed by atoms with Gasteiger partial charge in [-0.1, -0.05) is 0 Å². The molecule has 5 heteroatoms. The normalized spacial score (nSPS) is 25.5. The standard InChI is InChI=1S/C12H20N2O3/c15-11-9-14(7-2-6-13-11)12(16)5-4-10-3-1-8-17-10/h10H,1-9H2,(H,13,15). The summed E-state index contributed by atoms with van der Waals surface area (Å²) in [5.74, 6) is 0.0329. The molecule has 0 aromatic heterocycles. The minimum Gasteiger partial charge on any atom is -0.378 e. The Labute approximate surface area is 101 Å². The van der Waals surface area contributed by atoms with Crippen LogP contribution in [0.1, 0.15) is 32.1 Å². The average Bonchev–Trinajstić information content (AvgIpc) is 2.74. The summed E-state index contributed by atoms with van der Waals surface area (Å²) in [6.07, 6.45) is 4.55. The second-order valence-electron chi connectivity index (χ2n) is 4.69. The molecule has 0 aliphatic carbocycles. The smallest absolute Gasteiger partial charge is 0.239 e. The van der Waals surface area contributed by atoms with Crippen molar-refractivity contribution in [3.8, 4) is 0 Å². The first kappa shape index (κ1) is 12.4. The number of hydrogen-bond acceptors (Lipinski definition) is 3. The van der Waals surface area contributed by atoms with Crippen LogP contribution in [0.5, 0.6) is 0 Å². The van der Waals surface area contributed by atoms with E-state index in [1.165, 1.54) is 0 Å². The molecule has 0 spiro atoms. The van der Waals surface area contributed by atoms with E-state index < -0.39 is 0 Å². The van der Waals surface area contributed by atoms with Crippen LogP contribution in [0.25, 0.3) is 0 Å². The molecule has 2 aliphatic heterocycles. The van der Waals surface area contributed by atoms with Crippen LogP contribution < -0.4 is 5.32 Å². The summed E-state index contributed by atoms with van der Waals surface area (Å²) in [7, 11) is 0. The van der Waals surface area contributed by atoms with E-state index in [9.17, 15) is 9.59 Å². The van der Waals surface area contributed by atoms with Crippen molar-refractivity contribution in [3.63, 3.8) is 0 Å². The van der Waals surface area contributed by atoms with E-state index in [4.69, 9.17) is 4.74 Å². The number of carbonyl (C=O) groups excluding carboxylic acids is 2. The van der Waals surface area contributed by atoms with Gasteiger partial charge in [-0.15, -0.1) is 0 Å². The maximum Gasteiger partial charge on any atom is 0.239 e. The molecule has 0 aromatic rings. The fourth-order valence-electron chi connectivity index (χ4n) is 2.33. The Bertz CT molecular complexity index is 287. The van der Waals surface area contributed by atoms with Crippen molar-refractivity contribution in [1.29, 1.82) is 0 Å². The Morgan fingerprint density at radius 1 is 1.47 bits per heavy atom. The summed E-state index contributed by atoms with van der Waals surface area (Å²) >= 11 is 0. The van der Waals surface area contributed by atoms with E-state index >= 15 is 0 Å². The summed E-state index contributed by atoms with van der Waals surface area (Å²) in [6.45, 7) is 2.40. The molecular formula is C12H20N2O3. The molecule has 96 valence electrons. The van der Waals surface area contributed by atoms with Gasteiger partial charge in [-0.2, -0.15) is 0 Å². The van der Waals surface area contributed by atoms with Gasteiger partial charge in [0, 0.05) is 26.1 Å². The zero-order valence-corrected chi connectivity index (χ0v) is 10.1. The first-order valence-corrected chi connectivity index (χ1v) is 6.42. The van der Waals surface area contributed by atoms with Gasteiger partial charge in [0.25, 0.3) is 0 Å². The molecule has 2 heterocycles. The third-order valence-corrected chi connectivity index (χ3v) is 3.32. The predicted molar refractivity (Wildman–Crippen MR) is 62.4 cm³/mol. The Kier molecular flexibility index (Phi) is 4.36. The summed E-state index contributed by atoms with van der Waals surface area (Å²) in [5.41, 5.74) is 0. The van der Waals surface area contributed by atoms with Crippen LogP contribution in [0.2, 0.25) is 0 Å². The van der Waals surface area contributed by atoms with Gasteiger partial charge >= 0.3 is 0 Å². The monoisotopic (exact) mass is 240 g/mol. The Morgan fingerprint density at radius 3 is 3.12 bits per heavy atom. The lowest BCUT2D eigenvalue weighted by atomic mass is 10.1. The van der Waals surface area contributed by atoms with Crippen LogP contribution in [0, 0.1) is 0 Å². The number of nitrogens with zero attached hydrogens (tertiary/aromatic N) is 1. The lowest BCUT2D eigenvalue weighted by Gasteiger charge is -2.19. The quantitative estimate of drug-likeness (QED) is 0.771. The van der Waals surface area contributed by atoms with Crippen molar-refractivity contribution in [2.24, 2.45) is 0 Å². The Morgan fingerprint density at radius 2 is 2.35 bits per heavy atom.